The van der Waals surface area contributed by atoms with Gasteiger partial charge in [-0.3, -0.25) is 9.59 Å². The second kappa shape index (κ2) is 8.23. The maximum Gasteiger partial charge on any atom is 0.255 e. The van der Waals surface area contributed by atoms with E-state index in [-0.39, 0.29) is 17.6 Å². The first-order chi connectivity index (χ1) is 14.1. The molecule has 5 nitrogen and oxygen atoms in total. The van der Waals surface area contributed by atoms with Crippen LogP contribution in [0.4, 0.5) is 10.1 Å². The Morgan fingerprint density at radius 2 is 1.79 bits per heavy atom. The molecule has 1 atom stereocenters. The molecule has 2 aliphatic heterocycles. The molecule has 0 N–H and O–H groups in total. The van der Waals surface area contributed by atoms with Gasteiger partial charge in [-0.05, 0) is 48.7 Å². The molecule has 2 aromatic carbocycles. The van der Waals surface area contributed by atoms with Gasteiger partial charge in [0.1, 0.15) is 11.9 Å². The van der Waals surface area contributed by atoms with Crippen LogP contribution in [0.2, 0.25) is 0 Å². The van der Waals surface area contributed by atoms with Gasteiger partial charge in [0.2, 0.25) is 5.91 Å². The van der Waals surface area contributed by atoms with Crippen molar-refractivity contribution in [2.45, 2.75) is 32.4 Å². The number of anilines is 1. The molecule has 2 heterocycles. The number of rotatable bonds is 4. The van der Waals surface area contributed by atoms with Crippen molar-refractivity contribution in [3.63, 3.8) is 0 Å². The molecular weight excluding hydrogens is 369 g/mol. The second-order valence-electron chi connectivity index (χ2n) is 7.66. The minimum absolute atomic E-state index is 0.0228. The number of fused-ring (bicyclic) bond motifs is 1. The van der Waals surface area contributed by atoms with Crippen LogP contribution in [-0.2, 0) is 11.3 Å². The summed E-state index contributed by atoms with van der Waals surface area (Å²) in [5.41, 5.74) is 2.66. The number of hydrogen-bond acceptors (Lipinski definition) is 3. The molecule has 29 heavy (non-hydrogen) atoms. The lowest BCUT2D eigenvalue weighted by atomic mass is 10.1. The van der Waals surface area contributed by atoms with Crippen molar-refractivity contribution in [1.82, 2.24) is 9.80 Å². The van der Waals surface area contributed by atoms with Crippen LogP contribution in [0.25, 0.3) is 0 Å². The molecule has 0 aliphatic carbocycles. The highest BCUT2D eigenvalue weighted by Crippen LogP contribution is 2.26. The first-order valence-electron chi connectivity index (χ1n) is 10.3. The summed E-state index contributed by atoms with van der Waals surface area (Å²) in [5.74, 6) is -0.277. The number of halogens is 1. The first kappa shape index (κ1) is 19.4. The molecule has 152 valence electrons. The zero-order chi connectivity index (χ0) is 20.4. The van der Waals surface area contributed by atoms with E-state index in [2.05, 4.69) is 4.90 Å². The largest absolute Gasteiger partial charge is 0.370 e. The summed E-state index contributed by atoms with van der Waals surface area (Å²) < 4.78 is 13.2. The normalized spacial score (nSPS) is 17.9. The molecule has 0 bridgehead atoms. The van der Waals surface area contributed by atoms with Crippen LogP contribution < -0.4 is 4.90 Å². The smallest absolute Gasteiger partial charge is 0.255 e. The Labute approximate surface area is 170 Å². The summed E-state index contributed by atoms with van der Waals surface area (Å²) in [7, 11) is 0. The number of benzene rings is 2. The number of hydrogen-bond donors (Lipinski definition) is 0. The van der Waals surface area contributed by atoms with Crippen molar-refractivity contribution < 1.29 is 14.0 Å². The van der Waals surface area contributed by atoms with Crippen LogP contribution in [0.3, 0.4) is 0 Å². The van der Waals surface area contributed by atoms with Crippen molar-refractivity contribution in [2.24, 2.45) is 0 Å². The zero-order valence-corrected chi connectivity index (χ0v) is 16.7. The van der Waals surface area contributed by atoms with Gasteiger partial charge in [-0.1, -0.05) is 25.1 Å². The minimum Gasteiger partial charge on any atom is -0.370 e. The number of carbonyl (C=O) groups is 2. The average molecular weight is 395 g/mol. The lowest BCUT2D eigenvalue weighted by Gasteiger charge is -2.31. The maximum atomic E-state index is 13.3. The minimum atomic E-state index is -0.438. The monoisotopic (exact) mass is 395 g/mol. The van der Waals surface area contributed by atoms with Gasteiger partial charge in [0, 0.05) is 44.0 Å². The lowest BCUT2D eigenvalue weighted by molar-refractivity contribution is -0.136. The predicted molar refractivity (Wildman–Crippen MR) is 110 cm³/mol. The Bertz CT molecular complexity index is 899. The summed E-state index contributed by atoms with van der Waals surface area (Å²) in [6, 6.07) is 13.6. The Hall–Kier alpha value is -2.89. The van der Waals surface area contributed by atoms with Crippen molar-refractivity contribution in [3.05, 3.63) is 65.5 Å². The number of nitrogens with zero attached hydrogens (tertiary/aromatic N) is 3. The summed E-state index contributed by atoms with van der Waals surface area (Å²) >= 11 is 0. The summed E-state index contributed by atoms with van der Waals surface area (Å²) in [4.78, 5) is 31.9. The fraction of sp³-hybridized carbons (Fsp3) is 0.391. The molecular formula is C23H26FN3O2. The standard InChI is InChI=1S/C23H26FN3O2/c1-2-21(27-16-17-6-3-4-7-20(17)22(27)28)23(29)26-13-5-12-25(14-15-26)19-10-8-18(24)9-11-19/h3-4,6-11,21H,2,5,12-16H2,1H3. The van der Waals surface area contributed by atoms with E-state index >= 15 is 0 Å². The Kier molecular flexibility index (Phi) is 5.51. The fourth-order valence-electron chi connectivity index (χ4n) is 4.32. The molecule has 6 heteroatoms. The van der Waals surface area contributed by atoms with Gasteiger partial charge in [0.05, 0.1) is 0 Å². The van der Waals surface area contributed by atoms with Gasteiger partial charge in [-0.2, -0.15) is 0 Å². The van der Waals surface area contributed by atoms with E-state index in [1.165, 1.54) is 12.1 Å². The van der Waals surface area contributed by atoms with Gasteiger partial charge in [0.25, 0.3) is 5.91 Å². The van der Waals surface area contributed by atoms with Crippen LogP contribution in [0.15, 0.2) is 48.5 Å². The van der Waals surface area contributed by atoms with Crippen molar-refractivity contribution in [3.8, 4) is 0 Å². The SMILES string of the molecule is CCC(C(=O)N1CCCN(c2ccc(F)cc2)CC1)N1Cc2ccccc2C1=O. The molecule has 1 saturated heterocycles. The predicted octanol–water partition coefficient (Wildman–Crippen LogP) is 3.30. The maximum absolute atomic E-state index is 13.3. The van der Waals surface area contributed by atoms with Crippen LogP contribution in [0.1, 0.15) is 35.7 Å². The fourth-order valence-corrected chi connectivity index (χ4v) is 4.32. The van der Waals surface area contributed by atoms with Crippen molar-refractivity contribution in [1.29, 1.82) is 0 Å². The molecule has 0 spiro atoms. The van der Waals surface area contributed by atoms with Crippen LogP contribution in [-0.4, -0.2) is 53.8 Å². The zero-order valence-electron chi connectivity index (χ0n) is 16.7. The van der Waals surface area contributed by atoms with Crippen LogP contribution in [0.5, 0.6) is 0 Å². The highest BCUT2D eigenvalue weighted by molar-refractivity contribution is 6.01. The molecule has 0 radical (unpaired) electrons. The van der Waals surface area contributed by atoms with E-state index in [1.54, 1.807) is 17.0 Å². The van der Waals surface area contributed by atoms with Gasteiger partial charge in [-0.15, -0.1) is 0 Å². The van der Waals surface area contributed by atoms with E-state index in [9.17, 15) is 14.0 Å². The molecule has 4 rings (SSSR count). The third-order valence-electron chi connectivity index (χ3n) is 5.90. The highest BCUT2D eigenvalue weighted by Gasteiger charge is 2.37. The molecule has 2 aliphatic rings. The topological polar surface area (TPSA) is 43.9 Å². The third-order valence-corrected chi connectivity index (χ3v) is 5.90. The quantitative estimate of drug-likeness (QED) is 0.798. The highest BCUT2D eigenvalue weighted by atomic mass is 19.1. The van der Waals surface area contributed by atoms with Crippen molar-refractivity contribution in [2.75, 3.05) is 31.1 Å². The second-order valence-corrected chi connectivity index (χ2v) is 7.66. The third kappa shape index (κ3) is 3.84. The Morgan fingerprint density at radius 3 is 2.52 bits per heavy atom. The van der Waals surface area contributed by atoms with E-state index in [4.69, 9.17) is 0 Å². The van der Waals surface area contributed by atoms with Gasteiger partial charge >= 0.3 is 0 Å². The molecule has 1 fully saturated rings. The molecule has 0 saturated carbocycles. The van der Waals surface area contributed by atoms with E-state index in [0.29, 0.717) is 38.2 Å². The van der Waals surface area contributed by atoms with E-state index in [1.807, 2.05) is 36.1 Å². The lowest BCUT2D eigenvalue weighted by Crippen LogP contribution is -2.49. The summed E-state index contributed by atoms with van der Waals surface area (Å²) in [6.07, 6.45) is 1.43. The first-order valence-corrected chi connectivity index (χ1v) is 10.3. The Balaban J connectivity index is 1.44. The number of amides is 2. The van der Waals surface area contributed by atoms with E-state index in [0.717, 1.165) is 24.2 Å². The molecule has 1 unspecified atom stereocenters. The average Bonchev–Trinajstić information content (AvgIpc) is 2.91. The van der Waals surface area contributed by atoms with Crippen LogP contribution in [0, 0.1) is 5.82 Å². The molecule has 0 aromatic heterocycles. The van der Waals surface area contributed by atoms with Crippen LogP contribution >= 0.6 is 0 Å². The number of carbonyl (C=O) groups excluding carboxylic acids is 2. The van der Waals surface area contributed by atoms with Gasteiger partial charge in [-0.25, -0.2) is 4.39 Å². The molecule has 2 amide bonds. The summed E-state index contributed by atoms with van der Waals surface area (Å²) in [6.45, 7) is 5.24. The summed E-state index contributed by atoms with van der Waals surface area (Å²) in [5, 5.41) is 0. The van der Waals surface area contributed by atoms with Gasteiger partial charge < -0.3 is 14.7 Å². The van der Waals surface area contributed by atoms with Gasteiger partial charge in [0.15, 0.2) is 0 Å². The molecule has 2 aromatic rings. The Morgan fingerprint density at radius 1 is 1.03 bits per heavy atom. The van der Waals surface area contributed by atoms with E-state index < -0.39 is 6.04 Å². The van der Waals surface area contributed by atoms with Crippen molar-refractivity contribution >= 4 is 17.5 Å².